The number of carboxylic acid groups (broad SMARTS) is 1. The van der Waals surface area contributed by atoms with E-state index in [1.54, 1.807) is 4.40 Å². The number of carboxylic acids is 1. The molecule has 80 valence electrons. The predicted molar refractivity (Wildman–Crippen MR) is 59.8 cm³/mol. The second-order valence-corrected chi connectivity index (χ2v) is 4.14. The summed E-state index contributed by atoms with van der Waals surface area (Å²) in [7, 11) is 0. The number of carbonyl (C=O) groups is 1. The van der Waals surface area contributed by atoms with Crippen molar-refractivity contribution >= 4 is 22.3 Å². The number of aromatic amines is 1. The third-order valence-electron chi connectivity index (χ3n) is 2.32. The molecule has 3 aromatic rings. The normalized spacial score (nSPS) is 11.0. The summed E-state index contributed by atoms with van der Waals surface area (Å²) in [5, 5.41) is 10.8. The fraction of sp³-hybridized carbons (Fsp3) is 0. The smallest absolute Gasteiger partial charge is 0.356 e. The fourth-order valence-corrected chi connectivity index (χ4v) is 2.46. The minimum absolute atomic E-state index is 0.0728. The van der Waals surface area contributed by atoms with E-state index in [0.717, 1.165) is 11.3 Å². The van der Waals surface area contributed by atoms with Crippen LogP contribution in [0.1, 0.15) is 10.5 Å². The number of H-pyrrole nitrogens is 1. The number of nitrogens with zero attached hydrogens (tertiary/aromatic N) is 2. The van der Waals surface area contributed by atoms with Crippen LogP contribution in [-0.4, -0.2) is 25.4 Å². The molecule has 0 bridgehead atoms. The summed E-state index contributed by atoms with van der Waals surface area (Å²) in [4.78, 5) is 18.5. The van der Waals surface area contributed by atoms with E-state index in [2.05, 4.69) is 9.97 Å². The van der Waals surface area contributed by atoms with Crippen molar-refractivity contribution in [2.75, 3.05) is 0 Å². The molecule has 0 saturated heterocycles. The van der Waals surface area contributed by atoms with Crippen molar-refractivity contribution in [2.45, 2.75) is 0 Å². The van der Waals surface area contributed by atoms with Crippen LogP contribution >= 0.6 is 11.3 Å². The Kier molecular flexibility index (Phi) is 1.84. The van der Waals surface area contributed by atoms with Crippen LogP contribution < -0.4 is 0 Å². The van der Waals surface area contributed by atoms with Gasteiger partial charge in [0.15, 0.2) is 10.7 Å². The average Bonchev–Trinajstić information content (AvgIpc) is 2.92. The molecule has 3 aromatic heterocycles. The van der Waals surface area contributed by atoms with E-state index in [1.807, 2.05) is 23.8 Å². The molecular formula is C10H7N3O2S. The Bertz CT molecular complexity index is 651. The second kappa shape index (κ2) is 3.21. The molecule has 5 nitrogen and oxygen atoms in total. The minimum atomic E-state index is -1.00. The molecule has 3 heterocycles. The highest BCUT2D eigenvalue weighted by molar-refractivity contribution is 7.15. The van der Waals surface area contributed by atoms with Crippen molar-refractivity contribution in [1.82, 2.24) is 14.4 Å². The Morgan fingerprint density at radius 2 is 2.44 bits per heavy atom. The van der Waals surface area contributed by atoms with Gasteiger partial charge in [0.25, 0.3) is 0 Å². The molecular weight excluding hydrogens is 226 g/mol. The van der Waals surface area contributed by atoms with E-state index < -0.39 is 5.97 Å². The third kappa shape index (κ3) is 1.24. The quantitative estimate of drug-likeness (QED) is 0.712. The maximum atomic E-state index is 10.8. The Labute approximate surface area is 94.0 Å². The summed E-state index contributed by atoms with van der Waals surface area (Å²) in [6, 6.07) is 1.93. The van der Waals surface area contributed by atoms with Gasteiger partial charge in [0.1, 0.15) is 0 Å². The lowest BCUT2D eigenvalue weighted by Crippen LogP contribution is -1.95. The SMILES string of the molecule is O=C(O)c1cn2c(-c3cc[nH]c3)csc2n1. The first-order valence-electron chi connectivity index (χ1n) is 4.59. The average molecular weight is 233 g/mol. The van der Waals surface area contributed by atoms with Crippen molar-refractivity contribution in [3.63, 3.8) is 0 Å². The number of aromatic nitrogens is 3. The molecule has 3 rings (SSSR count). The summed E-state index contributed by atoms with van der Waals surface area (Å²) in [5.41, 5.74) is 2.03. The summed E-state index contributed by atoms with van der Waals surface area (Å²) in [6.45, 7) is 0. The van der Waals surface area contributed by atoms with Gasteiger partial charge < -0.3 is 10.1 Å². The molecule has 0 saturated carbocycles. The van der Waals surface area contributed by atoms with Crippen LogP contribution in [0.4, 0.5) is 0 Å². The zero-order chi connectivity index (χ0) is 11.1. The standard InChI is InChI=1S/C10H7N3O2S/c14-9(15)7-4-13-8(5-16-10(13)12-7)6-1-2-11-3-6/h1-5,11H,(H,14,15). The number of rotatable bonds is 2. The topological polar surface area (TPSA) is 70.4 Å². The van der Waals surface area contributed by atoms with Gasteiger partial charge in [0.05, 0.1) is 5.69 Å². The van der Waals surface area contributed by atoms with Gasteiger partial charge in [-0.05, 0) is 6.07 Å². The van der Waals surface area contributed by atoms with Crippen molar-refractivity contribution in [2.24, 2.45) is 0 Å². The molecule has 0 aliphatic heterocycles. The van der Waals surface area contributed by atoms with Crippen LogP contribution in [-0.2, 0) is 0 Å². The third-order valence-corrected chi connectivity index (χ3v) is 3.16. The molecule has 6 heteroatoms. The van der Waals surface area contributed by atoms with Gasteiger partial charge in [-0.2, -0.15) is 0 Å². The van der Waals surface area contributed by atoms with Gasteiger partial charge in [0.2, 0.25) is 0 Å². The summed E-state index contributed by atoms with van der Waals surface area (Å²) >= 11 is 1.43. The Balaban J connectivity index is 2.23. The zero-order valence-electron chi connectivity index (χ0n) is 8.04. The van der Waals surface area contributed by atoms with E-state index in [4.69, 9.17) is 5.11 Å². The number of aromatic carboxylic acids is 1. The van der Waals surface area contributed by atoms with Crippen LogP contribution in [0, 0.1) is 0 Å². The molecule has 2 N–H and O–H groups in total. The van der Waals surface area contributed by atoms with Gasteiger partial charge >= 0.3 is 5.97 Å². The first-order chi connectivity index (χ1) is 7.75. The van der Waals surface area contributed by atoms with Gasteiger partial charge in [-0.1, -0.05) is 0 Å². The Morgan fingerprint density at radius 3 is 3.12 bits per heavy atom. The first-order valence-corrected chi connectivity index (χ1v) is 5.47. The lowest BCUT2D eigenvalue weighted by molar-refractivity contribution is 0.0691. The number of fused-ring (bicyclic) bond motifs is 1. The Morgan fingerprint density at radius 1 is 1.56 bits per heavy atom. The number of hydrogen-bond acceptors (Lipinski definition) is 3. The molecule has 16 heavy (non-hydrogen) atoms. The maximum absolute atomic E-state index is 10.8. The van der Waals surface area contributed by atoms with Crippen LogP contribution in [0.15, 0.2) is 30.0 Å². The minimum Gasteiger partial charge on any atom is -0.476 e. The highest BCUT2D eigenvalue weighted by Gasteiger charge is 2.13. The molecule has 0 aliphatic rings. The largest absolute Gasteiger partial charge is 0.476 e. The van der Waals surface area contributed by atoms with Crippen molar-refractivity contribution in [3.8, 4) is 11.3 Å². The number of nitrogens with one attached hydrogen (secondary N) is 1. The van der Waals surface area contributed by atoms with Gasteiger partial charge in [0, 0.05) is 29.5 Å². The number of imidazole rings is 1. The lowest BCUT2D eigenvalue weighted by Gasteiger charge is -1.93. The van der Waals surface area contributed by atoms with Gasteiger partial charge in [-0.15, -0.1) is 11.3 Å². The summed E-state index contributed by atoms with van der Waals surface area (Å²) in [6.07, 6.45) is 5.23. The molecule has 0 amide bonds. The van der Waals surface area contributed by atoms with E-state index in [1.165, 1.54) is 17.5 Å². The van der Waals surface area contributed by atoms with Crippen molar-refractivity contribution in [3.05, 3.63) is 35.7 Å². The fourth-order valence-electron chi connectivity index (χ4n) is 1.58. The monoisotopic (exact) mass is 233 g/mol. The van der Waals surface area contributed by atoms with Crippen molar-refractivity contribution < 1.29 is 9.90 Å². The van der Waals surface area contributed by atoms with Crippen LogP contribution in [0.25, 0.3) is 16.2 Å². The van der Waals surface area contributed by atoms with E-state index in [-0.39, 0.29) is 5.69 Å². The highest BCUT2D eigenvalue weighted by Crippen LogP contribution is 2.25. The molecule has 0 spiro atoms. The van der Waals surface area contributed by atoms with Gasteiger partial charge in [-0.3, -0.25) is 4.40 Å². The summed E-state index contributed by atoms with van der Waals surface area (Å²) in [5.74, 6) is -1.00. The predicted octanol–water partition coefficient (Wildman–Crippen LogP) is 2.09. The molecule has 0 unspecified atom stereocenters. The van der Waals surface area contributed by atoms with E-state index in [0.29, 0.717) is 4.96 Å². The second-order valence-electron chi connectivity index (χ2n) is 3.30. The van der Waals surface area contributed by atoms with E-state index >= 15 is 0 Å². The molecule has 0 atom stereocenters. The van der Waals surface area contributed by atoms with Crippen LogP contribution in [0.2, 0.25) is 0 Å². The van der Waals surface area contributed by atoms with Crippen LogP contribution in [0.5, 0.6) is 0 Å². The number of thiazole rings is 1. The van der Waals surface area contributed by atoms with Gasteiger partial charge in [-0.25, -0.2) is 9.78 Å². The molecule has 0 radical (unpaired) electrons. The zero-order valence-corrected chi connectivity index (χ0v) is 8.86. The molecule has 0 aromatic carbocycles. The molecule has 0 aliphatic carbocycles. The first kappa shape index (κ1) is 9.17. The van der Waals surface area contributed by atoms with Crippen molar-refractivity contribution in [1.29, 1.82) is 0 Å². The Hall–Kier alpha value is -2.08. The maximum Gasteiger partial charge on any atom is 0.356 e. The van der Waals surface area contributed by atoms with E-state index in [9.17, 15) is 4.79 Å². The van der Waals surface area contributed by atoms with Crippen LogP contribution in [0.3, 0.4) is 0 Å². The lowest BCUT2D eigenvalue weighted by atomic mass is 10.3. The molecule has 0 fully saturated rings. The summed E-state index contributed by atoms with van der Waals surface area (Å²) < 4.78 is 1.79. The number of hydrogen-bond donors (Lipinski definition) is 2. The highest BCUT2D eigenvalue weighted by atomic mass is 32.1.